The second-order valence-corrected chi connectivity index (χ2v) is 4.41. The van der Waals surface area contributed by atoms with E-state index >= 15 is 0 Å². The molecule has 0 radical (unpaired) electrons. The molecule has 3 rings (SSSR count). The number of pyridine rings is 1. The first kappa shape index (κ1) is 11.2. The zero-order chi connectivity index (χ0) is 12.7. The second kappa shape index (κ2) is 4.11. The Morgan fingerprint density at radius 2 is 2.44 bits per heavy atom. The number of nitrogens with zero attached hydrogens (tertiary/aromatic N) is 2. The first-order valence-electron chi connectivity index (χ1n) is 5.80. The van der Waals surface area contributed by atoms with E-state index in [2.05, 4.69) is 9.97 Å². The third-order valence-electron chi connectivity index (χ3n) is 3.20. The molecule has 7 nitrogen and oxygen atoms in total. The predicted molar refractivity (Wildman–Crippen MR) is 65.0 cm³/mol. The maximum absolute atomic E-state index is 11.7. The van der Waals surface area contributed by atoms with Gasteiger partial charge in [0.1, 0.15) is 12.0 Å². The lowest BCUT2D eigenvalue weighted by Gasteiger charge is -2.14. The fourth-order valence-electron chi connectivity index (χ4n) is 2.32. The van der Waals surface area contributed by atoms with E-state index in [1.165, 1.54) is 0 Å². The number of aromatic nitrogens is 3. The Kier molecular flexibility index (Phi) is 2.57. The van der Waals surface area contributed by atoms with E-state index in [0.29, 0.717) is 16.9 Å². The summed E-state index contributed by atoms with van der Waals surface area (Å²) < 4.78 is 7.45. The van der Waals surface area contributed by atoms with Crippen molar-refractivity contribution in [3.8, 4) is 0 Å². The van der Waals surface area contributed by atoms with Crippen LogP contribution in [0, 0.1) is 0 Å². The van der Waals surface area contributed by atoms with Gasteiger partial charge in [0.2, 0.25) is 0 Å². The standard InChI is InChI=1S/C11H14N4O3/c12-8-3-7-10(11(17)14-8)13-5-15(7)9-2-1-6(4-16)18-9/h3,5-6,9,16H,1-2,4H2,(H3,12,14,17)/t6-,9+/m0/s1. The maximum atomic E-state index is 11.7. The molecule has 0 saturated carbocycles. The molecule has 2 atom stereocenters. The van der Waals surface area contributed by atoms with Gasteiger partial charge < -0.3 is 25.1 Å². The average molecular weight is 250 g/mol. The summed E-state index contributed by atoms with van der Waals surface area (Å²) in [7, 11) is 0. The molecule has 2 aromatic heterocycles. The second-order valence-electron chi connectivity index (χ2n) is 4.41. The van der Waals surface area contributed by atoms with Crippen molar-refractivity contribution >= 4 is 16.9 Å². The molecule has 0 spiro atoms. The van der Waals surface area contributed by atoms with Gasteiger partial charge in [0.05, 0.1) is 24.6 Å². The number of ether oxygens (including phenoxy) is 1. The van der Waals surface area contributed by atoms with Gasteiger partial charge in [-0.2, -0.15) is 0 Å². The van der Waals surface area contributed by atoms with Gasteiger partial charge in [-0.1, -0.05) is 0 Å². The van der Waals surface area contributed by atoms with E-state index in [9.17, 15) is 4.79 Å². The normalized spacial score (nSPS) is 23.8. The molecule has 0 aliphatic carbocycles. The first-order chi connectivity index (χ1) is 8.69. The zero-order valence-electron chi connectivity index (χ0n) is 9.67. The Morgan fingerprint density at radius 1 is 1.61 bits per heavy atom. The van der Waals surface area contributed by atoms with Crippen molar-refractivity contribution in [3.63, 3.8) is 0 Å². The highest BCUT2D eigenvalue weighted by molar-refractivity contribution is 5.76. The molecular formula is C11H14N4O3. The van der Waals surface area contributed by atoms with Crippen molar-refractivity contribution < 1.29 is 9.84 Å². The highest BCUT2D eigenvalue weighted by Gasteiger charge is 2.27. The molecule has 1 aliphatic heterocycles. The third kappa shape index (κ3) is 1.68. The molecule has 3 heterocycles. The minimum absolute atomic E-state index is 0.00581. The molecule has 0 amide bonds. The Labute approximate surface area is 102 Å². The topological polar surface area (TPSA) is 106 Å². The number of imidazole rings is 1. The van der Waals surface area contributed by atoms with Crippen molar-refractivity contribution in [2.75, 3.05) is 12.3 Å². The Morgan fingerprint density at radius 3 is 3.17 bits per heavy atom. The van der Waals surface area contributed by atoms with Crippen LogP contribution >= 0.6 is 0 Å². The summed E-state index contributed by atoms with van der Waals surface area (Å²) in [5.74, 6) is 0.297. The van der Waals surface area contributed by atoms with Crippen LogP contribution < -0.4 is 11.3 Å². The SMILES string of the molecule is Nc1cc2c(ncn2[C@H]2CC[C@@H](CO)O2)c(=O)[nH]1. The average Bonchev–Trinajstić information content (AvgIpc) is 2.93. The number of hydrogen-bond acceptors (Lipinski definition) is 5. The number of nitrogens with one attached hydrogen (secondary N) is 1. The molecule has 1 aliphatic rings. The van der Waals surface area contributed by atoms with Gasteiger partial charge in [0.15, 0.2) is 5.52 Å². The molecule has 96 valence electrons. The largest absolute Gasteiger partial charge is 0.394 e. The smallest absolute Gasteiger partial charge is 0.277 e. The van der Waals surface area contributed by atoms with Crippen LogP contribution in [0.15, 0.2) is 17.2 Å². The molecule has 1 fully saturated rings. The van der Waals surface area contributed by atoms with Gasteiger partial charge in [-0.15, -0.1) is 0 Å². The summed E-state index contributed by atoms with van der Waals surface area (Å²) in [5, 5.41) is 9.06. The quantitative estimate of drug-likeness (QED) is 0.694. The minimum atomic E-state index is -0.305. The summed E-state index contributed by atoms with van der Waals surface area (Å²) in [6.07, 6.45) is 2.80. The van der Waals surface area contributed by atoms with E-state index in [1.54, 1.807) is 17.0 Å². The molecule has 4 N–H and O–H groups in total. The Hall–Kier alpha value is -1.86. The number of aromatic amines is 1. The lowest BCUT2D eigenvalue weighted by Crippen LogP contribution is -2.14. The molecule has 0 unspecified atom stereocenters. The van der Waals surface area contributed by atoms with Gasteiger partial charge >= 0.3 is 0 Å². The lowest BCUT2D eigenvalue weighted by atomic mass is 10.2. The van der Waals surface area contributed by atoms with Crippen LogP contribution in [0.3, 0.4) is 0 Å². The van der Waals surface area contributed by atoms with Gasteiger partial charge in [-0.05, 0) is 12.8 Å². The summed E-state index contributed by atoms with van der Waals surface area (Å²) in [5.41, 5.74) is 6.32. The number of aliphatic hydroxyl groups excluding tert-OH is 1. The van der Waals surface area contributed by atoms with E-state index in [4.69, 9.17) is 15.6 Å². The maximum Gasteiger partial charge on any atom is 0.277 e. The van der Waals surface area contributed by atoms with Crippen LogP contribution in [-0.4, -0.2) is 32.4 Å². The van der Waals surface area contributed by atoms with Crippen LogP contribution in [-0.2, 0) is 4.74 Å². The molecule has 0 bridgehead atoms. The summed E-state index contributed by atoms with van der Waals surface area (Å²) in [6.45, 7) is 0.00581. The number of H-pyrrole nitrogens is 1. The summed E-state index contributed by atoms with van der Waals surface area (Å²) in [6, 6.07) is 1.67. The van der Waals surface area contributed by atoms with Gasteiger partial charge in [-0.3, -0.25) is 4.79 Å². The lowest BCUT2D eigenvalue weighted by molar-refractivity contribution is -0.0204. The van der Waals surface area contributed by atoms with Crippen molar-refractivity contribution in [2.24, 2.45) is 0 Å². The van der Waals surface area contributed by atoms with Crippen molar-refractivity contribution in [3.05, 3.63) is 22.7 Å². The highest BCUT2D eigenvalue weighted by Crippen LogP contribution is 2.30. The Balaban J connectivity index is 2.05. The van der Waals surface area contributed by atoms with Crippen LogP contribution in [0.4, 0.5) is 5.82 Å². The number of fused-ring (bicyclic) bond motifs is 1. The first-order valence-corrected chi connectivity index (χ1v) is 5.80. The Bertz CT molecular complexity index is 633. The third-order valence-corrected chi connectivity index (χ3v) is 3.20. The number of rotatable bonds is 2. The van der Waals surface area contributed by atoms with Crippen LogP contribution in [0.5, 0.6) is 0 Å². The van der Waals surface area contributed by atoms with Gasteiger partial charge in [0, 0.05) is 6.07 Å². The number of nitrogens with two attached hydrogens (primary N) is 1. The molecule has 18 heavy (non-hydrogen) atoms. The minimum Gasteiger partial charge on any atom is -0.394 e. The fraction of sp³-hybridized carbons (Fsp3) is 0.455. The number of aliphatic hydroxyl groups is 1. The van der Waals surface area contributed by atoms with Crippen LogP contribution in [0.25, 0.3) is 11.0 Å². The van der Waals surface area contributed by atoms with Crippen molar-refractivity contribution in [2.45, 2.75) is 25.2 Å². The summed E-state index contributed by atoms with van der Waals surface area (Å²) >= 11 is 0. The zero-order valence-corrected chi connectivity index (χ0v) is 9.67. The predicted octanol–water partition coefficient (Wildman–Crippen LogP) is -0.0233. The summed E-state index contributed by atoms with van der Waals surface area (Å²) in [4.78, 5) is 18.2. The van der Waals surface area contributed by atoms with Gasteiger partial charge in [0.25, 0.3) is 5.56 Å². The van der Waals surface area contributed by atoms with E-state index in [-0.39, 0.29) is 24.5 Å². The van der Waals surface area contributed by atoms with Crippen LogP contribution in [0.1, 0.15) is 19.1 Å². The van der Waals surface area contributed by atoms with E-state index in [0.717, 1.165) is 12.8 Å². The van der Waals surface area contributed by atoms with Crippen molar-refractivity contribution in [1.29, 1.82) is 0 Å². The van der Waals surface area contributed by atoms with E-state index < -0.39 is 0 Å². The van der Waals surface area contributed by atoms with E-state index in [1.807, 2.05) is 0 Å². The molecule has 2 aromatic rings. The number of nitrogen functional groups attached to an aromatic ring is 1. The molecule has 7 heteroatoms. The monoisotopic (exact) mass is 250 g/mol. The molecular weight excluding hydrogens is 236 g/mol. The molecule has 0 aromatic carbocycles. The van der Waals surface area contributed by atoms with Crippen LogP contribution in [0.2, 0.25) is 0 Å². The fourth-order valence-corrected chi connectivity index (χ4v) is 2.32. The highest BCUT2D eigenvalue weighted by atomic mass is 16.5. The number of anilines is 1. The molecule has 1 saturated heterocycles. The number of hydrogen-bond donors (Lipinski definition) is 3. The van der Waals surface area contributed by atoms with Crippen molar-refractivity contribution in [1.82, 2.24) is 14.5 Å². The van der Waals surface area contributed by atoms with Gasteiger partial charge in [-0.25, -0.2) is 4.98 Å².